The fourth-order valence-corrected chi connectivity index (χ4v) is 2.52. The molecule has 1 aromatic carbocycles. The Hall–Kier alpha value is -1.08. The SMILES string of the molecule is CC1CN(CCOc2cccc(B(O)O)c2)CC(C)O1. The normalized spacial score (nSPS) is 23.6. The topological polar surface area (TPSA) is 62.2 Å². The van der Waals surface area contributed by atoms with E-state index in [9.17, 15) is 0 Å². The standard InChI is InChI=1S/C14H22BNO4/c1-11-9-16(10-12(2)20-11)6-7-19-14-5-3-4-13(8-14)15(17)18/h3-5,8,11-12,17-18H,6-7,9-10H2,1-2H3. The lowest BCUT2D eigenvalue weighted by molar-refractivity contribution is -0.0699. The first-order valence-electron chi connectivity index (χ1n) is 7.01. The Bertz CT molecular complexity index is 419. The Morgan fingerprint density at radius 1 is 1.30 bits per heavy atom. The van der Waals surface area contributed by atoms with Crippen LogP contribution in [0.5, 0.6) is 5.75 Å². The van der Waals surface area contributed by atoms with E-state index in [1.165, 1.54) is 0 Å². The van der Waals surface area contributed by atoms with Gasteiger partial charge in [0.05, 0.1) is 12.2 Å². The van der Waals surface area contributed by atoms with Crippen molar-refractivity contribution in [3.63, 3.8) is 0 Å². The molecule has 0 spiro atoms. The van der Waals surface area contributed by atoms with Gasteiger partial charge in [0, 0.05) is 19.6 Å². The molecule has 0 amide bonds. The van der Waals surface area contributed by atoms with Crippen LogP contribution in [0.3, 0.4) is 0 Å². The van der Waals surface area contributed by atoms with Gasteiger partial charge in [0.1, 0.15) is 12.4 Å². The van der Waals surface area contributed by atoms with Crippen LogP contribution < -0.4 is 10.2 Å². The van der Waals surface area contributed by atoms with Gasteiger partial charge in [-0.1, -0.05) is 12.1 Å². The number of hydrogen-bond acceptors (Lipinski definition) is 5. The van der Waals surface area contributed by atoms with E-state index in [1.54, 1.807) is 18.2 Å². The van der Waals surface area contributed by atoms with Crippen LogP contribution >= 0.6 is 0 Å². The molecule has 5 nitrogen and oxygen atoms in total. The highest BCUT2D eigenvalue weighted by Gasteiger charge is 2.21. The summed E-state index contributed by atoms with van der Waals surface area (Å²) < 4.78 is 11.4. The van der Waals surface area contributed by atoms with E-state index in [-0.39, 0.29) is 12.2 Å². The summed E-state index contributed by atoms with van der Waals surface area (Å²) in [4.78, 5) is 2.32. The molecular weight excluding hydrogens is 257 g/mol. The van der Waals surface area contributed by atoms with Crippen LogP contribution in [0.15, 0.2) is 24.3 Å². The second kappa shape index (κ2) is 7.08. The van der Waals surface area contributed by atoms with Gasteiger partial charge in [-0.15, -0.1) is 0 Å². The summed E-state index contributed by atoms with van der Waals surface area (Å²) in [6, 6.07) is 6.87. The van der Waals surface area contributed by atoms with Gasteiger partial charge in [0.25, 0.3) is 0 Å². The molecule has 0 aromatic heterocycles. The average Bonchev–Trinajstić information content (AvgIpc) is 2.38. The minimum atomic E-state index is -1.46. The molecular formula is C14H22BNO4. The number of hydrogen-bond donors (Lipinski definition) is 2. The summed E-state index contributed by atoms with van der Waals surface area (Å²) in [7, 11) is -1.46. The summed E-state index contributed by atoms with van der Waals surface area (Å²) in [5.74, 6) is 0.657. The highest BCUT2D eigenvalue weighted by molar-refractivity contribution is 6.58. The van der Waals surface area contributed by atoms with Crippen LogP contribution in [0.25, 0.3) is 0 Å². The average molecular weight is 279 g/mol. The van der Waals surface area contributed by atoms with E-state index in [0.29, 0.717) is 17.8 Å². The zero-order valence-corrected chi connectivity index (χ0v) is 12.0. The maximum absolute atomic E-state index is 9.11. The number of ether oxygens (including phenoxy) is 2. The molecule has 6 heteroatoms. The molecule has 0 saturated carbocycles. The molecule has 1 fully saturated rings. The third kappa shape index (κ3) is 4.49. The smallest absolute Gasteiger partial charge is 0.488 e. The molecule has 0 bridgehead atoms. The summed E-state index contributed by atoms with van der Waals surface area (Å²) in [6.45, 7) is 7.41. The minimum Gasteiger partial charge on any atom is -0.492 e. The molecule has 1 aliphatic heterocycles. The first kappa shape index (κ1) is 15.3. The maximum atomic E-state index is 9.11. The highest BCUT2D eigenvalue weighted by atomic mass is 16.5. The zero-order chi connectivity index (χ0) is 14.5. The second-order valence-corrected chi connectivity index (χ2v) is 5.31. The third-order valence-corrected chi connectivity index (χ3v) is 3.33. The van der Waals surface area contributed by atoms with E-state index in [2.05, 4.69) is 18.7 Å². The van der Waals surface area contributed by atoms with Gasteiger partial charge in [0.15, 0.2) is 0 Å². The number of benzene rings is 1. The van der Waals surface area contributed by atoms with Crippen molar-refractivity contribution in [3.8, 4) is 5.75 Å². The molecule has 1 aromatic rings. The molecule has 1 aliphatic rings. The molecule has 2 rings (SSSR count). The first-order chi connectivity index (χ1) is 9.54. The zero-order valence-electron chi connectivity index (χ0n) is 12.0. The lowest BCUT2D eigenvalue weighted by Gasteiger charge is -2.35. The van der Waals surface area contributed by atoms with E-state index in [4.69, 9.17) is 19.5 Å². The van der Waals surface area contributed by atoms with Crippen molar-refractivity contribution in [2.45, 2.75) is 26.1 Å². The molecule has 2 atom stereocenters. The predicted molar refractivity (Wildman–Crippen MR) is 78.2 cm³/mol. The predicted octanol–water partition coefficient (Wildman–Crippen LogP) is -0.146. The second-order valence-electron chi connectivity index (χ2n) is 5.31. The van der Waals surface area contributed by atoms with E-state index < -0.39 is 7.12 Å². The molecule has 0 radical (unpaired) electrons. The van der Waals surface area contributed by atoms with E-state index in [0.717, 1.165) is 19.6 Å². The minimum absolute atomic E-state index is 0.256. The number of rotatable bonds is 5. The molecule has 2 N–H and O–H groups in total. The Morgan fingerprint density at radius 2 is 2.00 bits per heavy atom. The van der Waals surface area contributed by atoms with Gasteiger partial charge in [-0.05, 0) is 31.4 Å². The van der Waals surface area contributed by atoms with Crippen LogP contribution in [0.1, 0.15) is 13.8 Å². The van der Waals surface area contributed by atoms with Gasteiger partial charge in [-0.3, -0.25) is 4.90 Å². The van der Waals surface area contributed by atoms with E-state index in [1.807, 2.05) is 6.07 Å². The summed E-state index contributed by atoms with van der Waals surface area (Å²) in [5.41, 5.74) is 0.441. The summed E-state index contributed by atoms with van der Waals surface area (Å²) >= 11 is 0. The van der Waals surface area contributed by atoms with Crippen LogP contribution in [0, 0.1) is 0 Å². The van der Waals surface area contributed by atoms with Gasteiger partial charge in [-0.25, -0.2) is 0 Å². The summed E-state index contributed by atoms with van der Waals surface area (Å²) in [5, 5.41) is 18.2. The largest absolute Gasteiger partial charge is 0.492 e. The highest BCUT2D eigenvalue weighted by Crippen LogP contribution is 2.11. The van der Waals surface area contributed by atoms with Crippen LogP contribution in [-0.4, -0.2) is 60.5 Å². The quantitative estimate of drug-likeness (QED) is 0.734. The van der Waals surface area contributed by atoms with Crippen molar-refractivity contribution in [3.05, 3.63) is 24.3 Å². The van der Waals surface area contributed by atoms with Crippen LogP contribution in [-0.2, 0) is 4.74 Å². The fourth-order valence-electron chi connectivity index (χ4n) is 2.52. The van der Waals surface area contributed by atoms with Gasteiger partial charge < -0.3 is 19.5 Å². The monoisotopic (exact) mass is 279 g/mol. The summed E-state index contributed by atoms with van der Waals surface area (Å²) in [6.07, 6.45) is 0.512. The van der Waals surface area contributed by atoms with Crippen molar-refractivity contribution in [1.29, 1.82) is 0 Å². The lowest BCUT2D eigenvalue weighted by Crippen LogP contribution is -2.46. The molecule has 1 heterocycles. The Balaban J connectivity index is 1.79. The number of morpholine rings is 1. The Labute approximate surface area is 120 Å². The van der Waals surface area contributed by atoms with Crippen molar-refractivity contribution >= 4 is 12.6 Å². The van der Waals surface area contributed by atoms with Crippen molar-refractivity contribution in [2.24, 2.45) is 0 Å². The van der Waals surface area contributed by atoms with Crippen molar-refractivity contribution in [2.75, 3.05) is 26.2 Å². The first-order valence-corrected chi connectivity index (χ1v) is 7.01. The van der Waals surface area contributed by atoms with Crippen LogP contribution in [0.2, 0.25) is 0 Å². The molecule has 110 valence electrons. The fraction of sp³-hybridized carbons (Fsp3) is 0.571. The molecule has 20 heavy (non-hydrogen) atoms. The third-order valence-electron chi connectivity index (χ3n) is 3.33. The van der Waals surface area contributed by atoms with Gasteiger partial charge >= 0.3 is 7.12 Å². The van der Waals surface area contributed by atoms with Crippen molar-refractivity contribution in [1.82, 2.24) is 4.90 Å². The van der Waals surface area contributed by atoms with Gasteiger partial charge in [0.2, 0.25) is 0 Å². The van der Waals surface area contributed by atoms with Gasteiger partial charge in [-0.2, -0.15) is 0 Å². The Kier molecular flexibility index (Phi) is 5.42. The molecule has 2 unspecified atom stereocenters. The van der Waals surface area contributed by atoms with Crippen LogP contribution in [0.4, 0.5) is 0 Å². The maximum Gasteiger partial charge on any atom is 0.488 e. The van der Waals surface area contributed by atoms with Crippen molar-refractivity contribution < 1.29 is 19.5 Å². The Morgan fingerprint density at radius 3 is 2.65 bits per heavy atom. The van der Waals surface area contributed by atoms with E-state index >= 15 is 0 Å². The lowest BCUT2D eigenvalue weighted by atomic mass is 9.80. The number of nitrogens with zero attached hydrogens (tertiary/aromatic N) is 1. The molecule has 0 aliphatic carbocycles. The molecule has 1 saturated heterocycles.